The summed E-state index contributed by atoms with van der Waals surface area (Å²) >= 11 is 0. The van der Waals surface area contributed by atoms with Crippen LogP contribution >= 0.6 is 0 Å². The van der Waals surface area contributed by atoms with Crippen molar-refractivity contribution in [2.75, 3.05) is 5.32 Å². The van der Waals surface area contributed by atoms with Gasteiger partial charge < -0.3 is 15.4 Å². The van der Waals surface area contributed by atoms with E-state index < -0.39 is 10.8 Å². The highest BCUT2D eigenvalue weighted by atomic mass is 16.6. The van der Waals surface area contributed by atoms with Crippen LogP contribution in [0.5, 0.6) is 5.75 Å². The lowest BCUT2D eigenvalue weighted by atomic mass is 10.1. The van der Waals surface area contributed by atoms with Gasteiger partial charge in [-0.15, -0.1) is 0 Å². The Bertz CT molecular complexity index is 691. The third kappa shape index (κ3) is 2.61. The summed E-state index contributed by atoms with van der Waals surface area (Å²) in [6, 6.07) is 4.35. The Balaban J connectivity index is 2.23. The molecule has 1 heterocycles. The van der Waals surface area contributed by atoms with Crippen LogP contribution < -0.4 is 5.32 Å². The first-order valence-electron chi connectivity index (χ1n) is 5.83. The molecule has 7 heteroatoms. The minimum Gasteiger partial charge on any atom is -0.508 e. The molecule has 2 rings (SSSR count). The van der Waals surface area contributed by atoms with Crippen LogP contribution in [0.15, 0.2) is 24.4 Å². The van der Waals surface area contributed by atoms with Gasteiger partial charge in [-0.25, -0.2) is 0 Å². The van der Waals surface area contributed by atoms with Crippen molar-refractivity contribution in [2.24, 2.45) is 0 Å². The van der Waals surface area contributed by atoms with E-state index in [1.165, 1.54) is 0 Å². The zero-order valence-electron chi connectivity index (χ0n) is 10.9. The number of phenolic OH excluding ortho intramolecular Hbond substituents is 1. The number of aromatic nitrogens is 1. The highest BCUT2D eigenvalue weighted by Crippen LogP contribution is 2.25. The monoisotopic (exact) mass is 275 g/mol. The first-order valence-corrected chi connectivity index (χ1v) is 5.83. The Kier molecular flexibility index (Phi) is 3.43. The van der Waals surface area contributed by atoms with Gasteiger partial charge in [0, 0.05) is 11.8 Å². The van der Waals surface area contributed by atoms with Crippen molar-refractivity contribution < 1.29 is 14.8 Å². The van der Waals surface area contributed by atoms with E-state index in [2.05, 4.69) is 10.3 Å². The van der Waals surface area contributed by atoms with Crippen molar-refractivity contribution in [3.05, 3.63) is 51.3 Å². The summed E-state index contributed by atoms with van der Waals surface area (Å²) in [7, 11) is 0. The van der Waals surface area contributed by atoms with Crippen molar-refractivity contribution in [2.45, 2.75) is 13.8 Å². The highest BCUT2D eigenvalue weighted by Gasteiger charge is 2.15. The molecule has 1 aromatic carbocycles. The smallest absolute Gasteiger partial charge is 0.287 e. The van der Waals surface area contributed by atoms with Gasteiger partial charge in [-0.2, -0.15) is 0 Å². The Morgan fingerprint density at radius 1 is 1.30 bits per heavy atom. The van der Waals surface area contributed by atoms with Crippen molar-refractivity contribution in [1.82, 2.24) is 4.98 Å². The summed E-state index contributed by atoms with van der Waals surface area (Å²) < 4.78 is 0. The lowest BCUT2D eigenvalue weighted by Gasteiger charge is -2.09. The number of carbonyl (C=O) groups is 1. The number of benzene rings is 1. The van der Waals surface area contributed by atoms with Crippen LogP contribution in [0.1, 0.15) is 21.6 Å². The lowest BCUT2D eigenvalue weighted by molar-refractivity contribution is -0.384. The molecule has 7 nitrogen and oxygen atoms in total. The average molecular weight is 275 g/mol. The molecule has 104 valence electrons. The largest absolute Gasteiger partial charge is 0.508 e. The molecule has 0 spiro atoms. The molecule has 0 aliphatic rings. The minimum atomic E-state index is -0.580. The van der Waals surface area contributed by atoms with E-state index in [1.54, 1.807) is 26.0 Å². The summed E-state index contributed by atoms with van der Waals surface area (Å²) in [5, 5.41) is 22.7. The van der Waals surface area contributed by atoms with E-state index in [0.29, 0.717) is 16.8 Å². The van der Waals surface area contributed by atoms with Gasteiger partial charge in [0.2, 0.25) is 0 Å². The average Bonchev–Trinajstić information content (AvgIpc) is 2.85. The number of anilines is 1. The van der Waals surface area contributed by atoms with E-state index in [9.17, 15) is 20.0 Å². The summed E-state index contributed by atoms with van der Waals surface area (Å²) in [6.45, 7) is 3.45. The van der Waals surface area contributed by atoms with Crippen LogP contribution in [-0.2, 0) is 0 Å². The van der Waals surface area contributed by atoms with E-state index in [0.717, 1.165) is 12.3 Å². The summed E-state index contributed by atoms with van der Waals surface area (Å²) in [4.78, 5) is 24.5. The van der Waals surface area contributed by atoms with E-state index in [1.807, 2.05) is 0 Å². The van der Waals surface area contributed by atoms with E-state index in [-0.39, 0.29) is 17.1 Å². The van der Waals surface area contributed by atoms with Gasteiger partial charge in [-0.05, 0) is 37.1 Å². The number of nitro groups is 1. The maximum Gasteiger partial charge on any atom is 0.287 e. The summed E-state index contributed by atoms with van der Waals surface area (Å²) in [5.41, 5.74) is 1.80. The van der Waals surface area contributed by atoms with Crippen molar-refractivity contribution >= 4 is 17.3 Å². The molecule has 0 saturated heterocycles. The number of rotatable bonds is 3. The van der Waals surface area contributed by atoms with Crippen LogP contribution in [0.25, 0.3) is 0 Å². The van der Waals surface area contributed by atoms with Crippen LogP contribution in [0.4, 0.5) is 11.4 Å². The molecule has 2 aromatic rings. The van der Waals surface area contributed by atoms with Crippen LogP contribution in [0, 0.1) is 24.0 Å². The maximum absolute atomic E-state index is 12.0. The zero-order chi connectivity index (χ0) is 14.9. The third-order valence-electron chi connectivity index (χ3n) is 2.91. The second kappa shape index (κ2) is 5.04. The topological polar surface area (TPSA) is 108 Å². The van der Waals surface area contributed by atoms with Gasteiger partial charge in [0.05, 0.1) is 11.1 Å². The number of aromatic hydroxyl groups is 1. The zero-order valence-corrected chi connectivity index (χ0v) is 10.9. The van der Waals surface area contributed by atoms with Gasteiger partial charge in [-0.3, -0.25) is 14.9 Å². The SMILES string of the molecule is Cc1cc(NC(=O)c2cc([N+](=O)[O-])c[nH]2)c(C)cc1O. The molecule has 0 saturated carbocycles. The Labute approximate surface area is 114 Å². The maximum atomic E-state index is 12.0. The number of hydrogen-bond acceptors (Lipinski definition) is 4. The van der Waals surface area contributed by atoms with Gasteiger partial charge in [0.25, 0.3) is 11.6 Å². The molecule has 3 N–H and O–H groups in total. The molecule has 1 amide bonds. The Morgan fingerprint density at radius 2 is 2.00 bits per heavy atom. The Morgan fingerprint density at radius 3 is 2.60 bits per heavy atom. The lowest BCUT2D eigenvalue weighted by Crippen LogP contribution is -2.13. The van der Waals surface area contributed by atoms with Crippen LogP contribution in [0.3, 0.4) is 0 Å². The number of hydrogen-bond donors (Lipinski definition) is 3. The molecular formula is C13H13N3O4. The normalized spacial score (nSPS) is 10.3. The summed E-state index contributed by atoms with van der Waals surface area (Å²) in [6.07, 6.45) is 1.16. The van der Waals surface area contributed by atoms with E-state index >= 15 is 0 Å². The number of aromatic amines is 1. The predicted octanol–water partition coefficient (Wildman–Crippen LogP) is 2.50. The van der Waals surface area contributed by atoms with Gasteiger partial charge >= 0.3 is 0 Å². The second-order valence-corrected chi connectivity index (χ2v) is 4.44. The molecular weight excluding hydrogens is 262 g/mol. The predicted molar refractivity (Wildman–Crippen MR) is 73.0 cm³/mol. The molecule has 0 bridgehead atoms. The first-order chi connectivity index (χ1) is 9.38. The molecule has 0 atom stereocenters. The quantitative estimate of drug-likeness (QED) is 0.454. The molecule has 20 heavy (non-hydrogen) atoms. The van der Waals surface area contributed by atoms with Crippen molar-refractivity contribution in [3.63, 3.8) is 0 Å². The fraction of sp³-hybridized carbons (Fsp3) is 0.154. The van der Waals surface area contributed by atoms with Gasteiger partial charge in [0.15, 0.2) is 0 Å². The number of phenols is 1. The molecule has 1 aromatic heterocycles. The molecule has 0 aliphatic heterocycles. The fourth-order valence-electron chi connectivity index (χ4n) is 1.74. The van der Waals surface area contributed by atoms with Crippen molar-refractivity contribution in [1.29, 1.82) is 0 Å². The molecule has 0 aliphatic carbocycles. The number of amides is 1. The standard InChI is InChI=1S/C13H13N3O4/c1-7-4-12(17)8(2)3-10(7)15-13(18)11-5-9(6-14-11)16(19)20/h3-6,14,17H,1-2H3,(H,15,18). The van der Waals surface area contributed by atoms with Crippen molar-refractivity contribution in [3.8, 4) is 5.75 Å². The number of nitrogens with zero attached hydrogens (tertiary/aromatic N) is 1. The van der Waals surface area contributed by atoms with Crippen LogP contribution in [-0.4, -0.2) is 20.9 Å². The van der Waals surface area contributed by atoms with Gasteiger partial charge in [0.1, 0.15) is 11.4 Å². The first kappa shape index (κ1) is 13.6. The number of H-pyrrole nitrogens is 1. The number of carbonyl (C=O) groups excluding carboxylic acids is 1. The molecule has 0 radical (unpaired) electrons. The van der Waals surface area contributed by atoms with Gasteiger partial charge in [-0.1, -0.05) is 0 Å². The highest BCUT2D eigenvalue weighted by molar-refractivity contribution is 6.03. The minimum absolute atomic E-state index is 0.0989. The summed E-state index contributed by atoms with van der Waals surface area (Å²) in [5.74, 6) is -0.331. The van der Waals surface area contributed by atoms with Crippen LogP contribution in [0.2, 0.25) is 0 Å². The molecule has 0 unspecified atom stereocenters. The Hall–Kier alpha value is -2.83. The molecule has 0 fully saturated rings. The second-order valence-electron chi connectivity index (χ2n) is 4.44. The number of aryl methyl sites for hydroxylation is 2. The number of nitrogens with one attached hydrogen (secondary N) is 2. The van der Waals surface area contributed by atoms with E-state index in [4.69, 9.17) is 0 Å². The fourth-order valence-corrected chi connectivity index (χ4v) is 1.74. The third-order valence-corrected chi connectivity index (χ3v) is 2.91.